The van der Waals surface area contributed by atoms with Gasteiger partial charge in [0.05, 0.1) is 5.02 Å². The second kappa shape index (κ2) is 4.78. The van der Waals surface area contributed by atoms with Crippen LogP contribution in [0.4, 0.5) is 0 Å². The summed E-state index contributed by atoms with van der Waals surface area (Å²) < 4.78 is 0. The lowest BCUT2D eigenvalue weighted by atomic mass is 10.0. The summed E-state index contributed by atoms with van der Waals surface area (Å²) in [7, 11) is 0. The minimum atomic E-state index is -0.0425. The molecule has 2 aromatic rings. The summed E-state index contributed by atoms with van der Waals surface area (Å²) in [6, 6.07) is 9.91. The number of carbonyl (C=O) groups is 1. The van der Waals surface area contributed by atoms with Crippen LogP contribution < -0.4 is 0 Å². The van der Waals surface area contributed by atoms with Crippen molar-refractivity contribution in [1.82, 2.24) is 0 Å². The molecule has 0 aromatic heterocycles. The molecule has 4 heteroatoms. The SMILES string of the molecule is O=Cc1cccc(-c2cc(Cl)cc(Cl)c2O)c1. The number of benzene rings is 2. The Labute approximate surface area is 108 Å². The second-order valence-electron chi connectivity index (χ2n) is 3.53. The molecule has 0 aliphatic carbocycles. The van der Waals surface area contributed by atoms with Crippen molar-refractivity contribution in [1.29, 1.82) is 0 Å². The highest BCUT2D eigenvalue weighted by Crippen LogP contribution is 2.37. The van der Waals surface area contributed by atoms with E-state index < -0.39 is 0 Å². The fraction of sp³-hybridized carbons (Fsp3) is 0. The molecular formula is C13H8Cl2O2. The molecule has 2 rings (SSSR count). The monoisotopic (exact) mass is 266 g/mol. The quantitative estimate of drug-likeness (QED) is 0.829. The summed E-state index contributed by atoms with van der Waals surface area (Å²) in [6.45, 7) is 0. The van der Waals surface area contributed by atoms with Crippen molar-refractivity contribution >= 4 is 29.5 Å². The lowest BCUT2D eigenvalue weighted by Crippen LogP contribution is -1.84. The third-order valence-corrected chi connectivity index (χ3v) is 2.87. The number of hydrogen-bond donors (Lipinski definition) is 1. The highest BCUT2D eigenvalue weighted by atomic mass is 35.5. The average molecular weight is 267 g/mol. The molecule has 17 heavy (non-hydrogen) atoms. The van der Waals surface area contributed by atoms with Crippen LogP contribution >= 0.6 is 23.2 Å². The predicted octanol–water partition coefficient (Wildman–Crippen LogP) is 4.18. The van der Waals surface area contributed by atoms with Gasteiger partial charge in [0.2, 0.25) is 0 Å². The Morgan fingerprint density at radius 1 is 1.12 bits per heavy atom. The Balaban J connectivity index is 2.63. The fourth-order valence-electron chi connectivity index (χ4n) is 1.57. The van der Waals surface area contributed by atoms with Crippen molar-refractivity contribution < 1.29 is 9.90 Å². The largest absolute Gasteiger partial charge is 0.506 e. The van der Waals surface area contributed by atoms with Crippen molar-refractivity contribution in [3.8, 4) is 16.9 Å². The smallest absolute Gasteiger partial charge is 0.150 e. The van der Waals surface area contributed by atoms with Crippen molar-refractivity contribution in [2.75, 3.05) is 0 Å². The van der Waals surface area contributed by atoms with Crippen LogP contribution in [0.3, 0.4) is 0 Å². The van der Waals surface area contributed by atoms with Crippen molar-refractivity contribution in [3.63, 3.8) is 0 Å². The first-order valence-corrected chi connectivity index (χ1v) is 5.61. The van der Waals surface area contributed by atoms with Crippen molar-refractivity contribution in [3.05, 3.63) is 52.0 Å². The standard InChI is InChI=1S/C13H8Cl2O2/c14-10-5-11(13(17)12(15)6-10)9-3-1-2-8(4-9)7-16/h1-7,17H. The van der Waals surface area contributed by atoms with Gasteiger partial charge in [-0.15, -0.1) is 0 Å². The lowest BCUT2D eigenvalue weighted by Gasteiger charge is -2.07. The fourth-order valence-corrected chi connectivity index (χ4v) is 2.06. The van der Waals surface area contributed by atoms with Gasteiger partial charge in [-0.3, -0.25) is 4.79 Å². The van der Waals surface area contributed by atoms with Gasteiger partial charge in [-0.2, -0.15) is 0 Å². The van der Waals surface area contributed by atoms with E-state index in [4.69, 9.17) is 23.2 Å². The Hall–Kier alpha value is -1.51. The van der Waals surface area contributed by atoms with Gasteiger partial charge in [0.25, 0.3) is 0 Å². The highest BCUT2D eigenvalue weighted by molar-refractivity contribution is 6.36. The van der Waals surface area contributed by atoms with E-state index >= 15 is 0 Å². The zero-order chi connectivity index (χ0) is 12.4. The van der Waals surface area contributed by atoms with Gasteiger partial charge in [-0.1, -0.05) is 41.4 Å². The van der Waals surface area contributed by atoms with E-state index in [-0.39, 0.29) is 10.8 Å². The topological polar surface area (TPSA) is 37.3 Å². The Morgan fingerprint density at radius 3 is 2.59 bits per heavy atom. The second-order valence-corrected chi connectivity index (χ2v) is 4.37. The molecule has 0 saturated heterocycles. The number of halogens is 2. The molecule has 0 aliphatic heterocycles. The maximum atomic E-state index is 10.7. The summed E-state index contributed by atoms with van der Waals surface area (Å²) in [4.78, 5) is 10.7. The molecule has 2 nitrogen and oxygen atoms in total. The zero-order valence-electron chi connectivity index (χ0n) is 8.65. The van der Waals surface area contributed by atoms with Gasteiger partial charge < -0.3 is 5.11 Å². The molecule has 1 N–H and O–H groups in total. The van der Waals surface area contributed by atoms with Crippen LogP contribution in [-0.4, -0.2) is 11.4 Å². The van der Waals surface area contributed by atoms with Crippen molar-refractivity contribution in [2.24, 2.45) is 0 Å². The normalized spacial score (nSPS) is 10.2. The maximum Gasteiger partial charge on any atom is 0.150 e. The first kappa shape index (κ1) is 12.0. The summed E-state index contributed by atoms with van der Waals surface area (Å²) >= 11 is 11.7. The van der Waals surface area contributed by atoms with Crippen LogP contribution in [-0.2, 0) is 0 Å². The van der Waals surface area contributed by atoms with Gasteiger partial charge in [-0.05, 0) is 23.8 Å². The molecule has 0 radical (unpaired) electrons. The van der Waals surface area contributed by atoms with Gasteiger partial charge in [0.15, 0.2) is 0 Å². The molecule has 86 valence electrons. The maximum absolute atomic E-state index is 10.7. The average Bonchev–Trinajstić information content (AvgIpc) is 2.34. The number of rotatable bonds is 2. The van der Waals surface area contributed by atoms with E-state index in [0.29, 0.717) is 21.7 Å². The molecule has 0 saturated carbocycles. The van der Waals surface area contributed by atoms with Gasteiger partial charge in [-0.25, -0.2) is 0 Å². The molecule has 0 atom stereocenters. The number of hydrogen-bond acceptors (Lipinski definition) is 2. The Morgan fingerprint density at radius 2 is 1.88 bits per heavy atom. The van der Waals surface area contributed by atoms with Crippen LogP contribution in [0.15, 0.2) is 36.4 Å². The number of aromatic hydroxyl groups is 1. The Kier molecular flexibility index (Phi) is 3.36. The molecule has 0 bridgehead atoms. The van der Waals surface area contributed by atoms with Crippen LogP contribution in [0.1, 0.15) is 10.4 Å². The van der Waals surface area contributed by atoms with Crippen LogP contribution in [0, 0.1) is 0 Å². The minimum absolute atomic E-state index is 0.0425. The number of phenolic OH excluding ortho intramolecular Hbond substituents is 1. The van der Waals surface area contributed by atoms with Gasteiger partial charge in [0, 0.05) is 16.1 Å². The molecule has 0 spiro atoms. The molecule has 0 amide bonds. The highest BCUT2D eigenvalue weighted by Gasteiger charge is 2.10. The van der Waals surface area contributed by atoms with E-state index in [1.54, 1.807) is 30.3 Å². The van der Waals surface area contributed by atoms with E-state index in [1.165, 1.54) is 6.07 Å². The van der Waals surface area contributed by atoms with Gasteiger partial charge >= 0.3 is 0 Å². The molecule has 0 unspecified atom stereocenters. The third-order valence-electron chi connectivity index (χ3n) is 2.36. The van der Waals surface area contributed by atoms with Gasteiger partial charge in [0.1, 0.15) is 12.0 Å². The van der Waals surface area contributed by atoms with Crippen molar-refractivity contribution in [2.45, 2.75) is 0 Å². The molecule has 0 heterocycles. The number of phenols is 1. The summed E-state index contributed by atoms with van der Waals surface area (Å²) in [5.74, 6) is -0.0425. The summed E-state index contributed by atoms with van der Waals surface area (Å²) in [6.07, 6.45) is 0.743. The first-order valence-electron chi connectivity index (χ1n) is 4.85. The minimum Gasteiger partial charge on any atom is -0.506 e. The number of aldehydes is 1. The van der Waals surface area contributed by atoms with E-state index in [9.17, 15) is 9.90 Å². The predicted molar refractivity (Wildman–Crippen MR) is 69.0 cm³/mol. The van der Waals surface area contributed by atoms with E-state index in [0.717, 1.165) is 6.29 Å². The molecule has 0 aliphatic rings. The number of carbonyl (C=O) groups excluding carboxylic acids is 1. The molecular weight excluding hydrogens is 259 g/mol. The zero-order valence-corrected chi connectivity index (χ0v) is 10.2. The first-order chi connectivity index (χ1) is 8.11. The summed E-state index contributed by atoms with van der Waals surface area (Å²) in [5, 5.41) is 10.5. The van der Waals surface area contributed by atoms with Crippen LogP contribution in [0.5, 0.6) is 5.75 Å². The van der Waals surface area contributed by atoms with Crippen LogP contribution in [0.2, 0.25) is 10.0 Å². The van der Waals surface area contributed by atoms with E-state index in [2.05, 4.69) is 0 Å². The van der Waals surface area contributed by atoms with Crippen LogP contribution in [0.25, 0.3) is 11.1 Å². The summed E-state index contributed by atoms with van der Waals surface area (Å²) in [5.41, 5.74) is 1.72. The van der Waals surface area contributed by atoms with E-state index in [1.807, 2.05) is 0 Å². The lowest BCUT2D eigenvalue weighted by molar-refractivity contribution is 0.112. The third kappa shape index (κ3) is 2.43. The molecule has 0 fully saturated rings. The molecule has 2 aromatic carbocycles. The Bertz CT molecular complexity index is 580.